The van der Waals surface area contributed by atoms with Crippen molar-refractivity contribution >= 4 is 67.4 Å². The smallest absolute Gasteiger partial charge is 0.294 e. The summed E-state index contributed by atoms with van der Waals surface area (Å²) in [6, 6.07) is 10.2. The van der Waals surface area contributed by atoms with E-state index in [1.54, 1.807) is 12.1 Å². The van der Waals surface area contributed by atoms with Gasteiger partial charge in [-0.2, -0.15) is 8.42 Å². The fourth-order valence-corrected chi connectivity index (χ4v) is 7.82. The second-order valence-electron chi connectivity index (χ2n) is 8.13. The van der Waals surface area contributed by atoms with Gasteiger partial charge in [-0.3, -0.25) is 14.5 Å². The second-order valence-corrected chi connectivity index (χ2v) is 12.8. The zero-order valence-corrected chi connectivity index (χ0v) is 21.2. The first-order chi connectivity index (χ1) is 15.7. The monoisotopic (exact) mass is 525 g/mol. The van der Waals surface area contributed by atoms with Gasteiger partial charge in [-0.05, 0) is 44.0 Å². The molecule has 4 rings (SSSR count). The van der Waals surface area contributed by atoms with Crippen LogP contribution in [0.5, 0.6) is 0 Å². The summed E-state index contributed by atoms with van der Waals surface area (Å²) >= 11 is 7.87. The summed E-state index contributed by atoms with van der Waals surface area (Å²) in [4.78, 5) is 27.5. The third kappa shape index (κ3) is 5.79. The molecule has 0 spiro atoms. The number of rotatable bonds is 6. The quantitative estimate of drug-likeness (QED) is 0.568. The minimum atomic E-state index is -4.02. The number of anilines is 1. The number of amides is 2. The van der Waals surface area contributed by atoms with E-state index in [0.29, 0.717) is 10.0 Å². The third-order valence-corrected chi connectivity index (χ3v) is 9.85. The Morgan fingerprint density at radius 3 is 2.48 bits per heavy atom. The topological polar surface area (TPSA) is 95.9 Å². The lowest BCUT2D eigenvalue weighted by molar-refractivity contribution is -0.130. The highest BCUT2D eigenvalue weighted by molar-refractivity contribution is 8.16. The van der Waals surface area contributed by atoms with Crippen LogP contribution in [0.4, 0.5) is 5.69 Å². The van der Waals surface area contributed by atoms with Crippen LogP contribution in [0.2, 0.25) is 4.34 Å². The molecule has 11 heteroatoms. The first kappa shape index (κ1) is 24.3. The lowest BCUT2D eigenvalue weighted by Crippen LogP contribution is -2.42. The molecule has 1 aromatic carbocycles. The number of amidine groups is 1. The Bertz CT molecular complexity index is 1170. The standard InChI is InChI=1S/C22H24ClN3O4S3/c1-14-7-9-15(10-8-14)24-19(27)13-17-21(28)26(16-5-3-2-4-6-16)22(31-17)25-33(29,30)20-12-11-18(23)32-20/h7-12,16-17H,2-6,13H2,1H3,(H,24,27)/t17-/m0/s1. The number of nitrogens with one attached hydrogen (secondary N) is 1. The molecule has 2 fully saturated rings. The third-order valence-electron chi connectivity index (χ3n) is 5.61. The molecular weight excluding hydrogens is 502 g/mol. The van der Waals surface area contributed by atoms with Crippen LogP contribution in [0.15, 0.2) is 45.0 Å². The van der Waals surface area contributed by atoms with Gasteiger partial charge >= 0.3 is 0 Å². The number of carbonyl (C=O) groups is 2. The zero-order chi connectivity index (χ0) is 23.6. The molecule has 0 unspecified atom stereocenters. The molecule has 1 saturated carbocycles. The number of benzene rings is 1. The molecule has 1 atom stereocenters. The lowest BCUT2D eigenvalue weighted by Gasteiger charge is -2.30. The van der Waals surface area contributed by atoms with E-state index >= 15 is 0 Å². The maximum absolute atomic E-state index is 13.3. The maximum Gasteiger partial charge on any atom is 0.294 e. The van der Waals surface area contributed by atoms with Crippen LogP contribution >= 0.6 is 34.7 Å². The molecule has 0 bridgehead atoms. The Balaban J connectivity index is 1.56. The summed E-state index contributed by atoms with van der Waals surface area (Å²) in [6.45, 7) is 1.96. The Labute approximate surface area is 206 Å². The van der Waals surface area contributed by atoms with Crippen LogP contribution in [-0.2, 0) is 19.6 Å². The van der Waals surface area contributed by atoms with Crippen molar-refractivity contribution in [1.29, 1.82) is 0 Å². The van der Waals surface area contributed by atoms with Gasteiger partial charge in [-0.25, -0.2) is 0 Å². The van der Waals surface area contributed by atoms with Crippen LogP contribution in [0, 0.1) is 6.92 Å². The fraction of sp³-hybridized carbons (Fsp3) is 0.409. The number of aryl methyl sites for hydroxylation is 1. The summed E-state index contributed by atoms with van der Waals surface area (Å²) in [6.07, 6.45) is 4.55. The first-order valence-corrected chi connectivity index (χ1v) is 14.2. The van der Waals surface area contributed by atoms with E-state index in [0.717, 1.165) is 60.8 Å². The predicted molar refractivity (Wildman–Crippen MR) is 133 cm³/mol. The van der Waals surface area contributed by atoms with E-state index in [-0.39, 0.29) is 33.7 Å². The molecule has 7 nitrogen and oxygen atoms in total. The minimum Gasteiger partial charge on any atom is -0.326 e. The van der Waals surface area contributed by atoms with Crippen molar-refractivity contribution in [2.24, 2.45) is 4.40 Å². The molecule has 33 heavy (non-hydrogen) atoms. The number of carbonyl (C=O) groups excluding carboxylic acids is 2. The molecular formula is C22H24ClN3O4S3. The van der Waals surface area contributed by atoms with Crippen molar-refractivity contribution in [2.45, 2.75) is 60.9 Å². The predicted octanol–water partition coefficient (Wildman–Crippen LogP) is 5.06. The number of nitrogens with zero attached hydrogens (tertiary/aromatic N) is 2. The second kappa shape index (κ2) is 10.2. The first-order valence-electron chi connectivity index (χ1n) is 10.7. The van der Waals surface area contributed by atoms with Crippen molar-refractivity contribution in [1.82, 2.24) is 4.90 Å². The summed E-state index contributed by atoms with van der Waals surface area (Å²) in [5.74, 6) is -0.563. The van der Waals surface area contributed by atoms with Gasteiger partial charge in [0.05, 0.1) is 4.34 Å². The highest BCUT2D eigenvalue weighted by Crippen LogP contribution is 2.37. The van der Waals surface area contributed by atoms with Gasteiger partial charge < -0.3 is 5.32 Å². The van der Waals surface area contributed by atoms with Gasteiger partial charge in [0, 0.05) is 18.2 Å². The number of thioether (sulfide) groups is 1. The van der Waals surface area contributed by atoms with Crippen LogP contribution in [0.1, 0.15) is 44.1 Å². The van der Waals surface area contributed by atoms with Crippen LogP contribution < -0.4 is 5.32 Å². The number of halogens is 1. The van der Waals surface area contributed by atoms with Gasteiger partial charge in [-0.1, -0.05) is 60.3 Å². The molecule has 2 aromatic rings. The van der Waals surface area contributed by atoms with E-state index in [1.807, 2.05) is 19.1 Å². The summed E-state index contributed by atoms with van der Waals surface area (Å²) in [7, 11) is -4.02. The van der Waals surface area contributed by atoms with Gasteiger partial charge in [0.25, 0.3) is 10.0 Å². The van der Waals surface area contributed by atoms with E-state index in [2.05, 4.69) is 9.71 Å². The highest BCUT2D eigenvalue weighted by Gasteiger charge is 2.43. The lowest BCUT2D eigenvalue weighted by atomic mass is 9.94. The molecule has 2 heterocycles. The normalized spacial score (nSPS) is 21.0. The number of sulfonamides is 1. The molecule has 176 valence electrons. The molecule has 2 amide bonds. The van der Waals surface area contributed by atoms with Crippen molar-refractivity contribution in [2.75, 3.05) is 5.32 Å². The molecule has 1 aliphatic heterocycles. The highest BCUT2D eigenvalue weighted by atomic mass is 35.5. The van der Waals surface area contributed by atoms with Crippen LogP contribution in [0.25, 0.3) is 0 Å². The maximum atomic E-state index is 13.3. The van der Waals surface area contributed by atoms with Gasteiger partial charge in [-0.15, -0.1) is 15.7 Å². The summed E-state index contributed by atoms with van der Waals surface area (Å²) in [5.41, 5.74) is 1.72. The van der Waals surface area contributed by atoms with Crippen LogP contribution in [-0.4, -0.2) is 41.6 Å². The molecule has 0 radical (unpaired) electrons. The largest absolute Gasteiger partial charge is 0.326 e. The van der Waals surface area contributed by atoms with Gasteiger partial charge in [0.1, 0.15) is 9.46 Å². The molecule has 1 N–H and O–H groups in total. The van der Waals surface area contributed by atoms with E-state index < -0.39 is 15.3 Å². The summed E-state index contributed by atoms with van der Waals surface area (Å²) in [5, 5.41) is 2.23. The van der Waals surface area contributed by atoms with E-state index in [1.165, 1.54) is 17.0 Å². The minimum absolute atomic E-state index is 0.0252. The van der Waals surface area contributed by atoms with Crippen LogP contribution in [0.3, 0.4) is 0 Å². The van der Waals surface area contributed by atoms with E-state index in [9.17, 15) is 18.0 Å². The van der Waals surface area contributed by atoms with Gasteiger partial charge in [0.15, 0.2) is 5.17 Å². The molecule has 1 saturated heterocycles. The number of hydrogen-bond donors (Lipinski definition) is 1. The van der Waals surface area contributed by atoms with Crippen molar-refractivity contribution < 1.29 is 18.0 Å². The van der Waals surface area contributed by atoms with Gasteiger partial charge in [0.2, 0.25) is 11.8 Å². The average Bonchev–Trinajstić information content (AvgIpc) is 3.34. The molecule has 1 aliphatic carbocycles. The zero-order valence-electron chi connectivity index (χ0n) is 18.0. The summed E-state index contributed by atoms with van der Waals surface area (Å²) < 4.78 is 30.1. The van der Waals surface area contributed by atoms with Crippen molar-refractivity contribution in [3.05, 3.63) is 46.3 Å². The Morgan fingerprint density at radius 1 is 1.15 bits per heavy atom. The van der Waals surface area contributed by atoms with Crippen molar-refractivity contribution in [3.8, 4) is 0 Å². The fourth-order valence-electron chi connectivity index (χ4n) is 3.96. The Morgan fingerprint density at radius 2 is 1.85 bits per heavy atom. The average molecular weight is 526 g/mol. The number of thiophene rings is 1. The molecule has 2 aliphatic rings. The number of hydrogen-bond acceptors (Lipinski definition) is 6. The SMILES string of the molecule is Cc1ccc(NC(=O)C[C@@H]2SC(=NS(=O)(=O)c3ccc(Cl)s3)N(C3CCCCC3)C2=O)cc1. The van der Waals surface area contributed by atoms with Crippen molar-refractivity contribution in [3.63, 3.8) is 0 Å². The van der Waals surface area contributed by atoms with E-state index in [4.69, 9.17) is 11.6 Å². The Hall–Kier alpha value is -1.88. The Kier molecular flexibility index (Phi) is 7.47. The molecule has 1 aromatic heterocycles.